The van der Waals surface area contributed by atoms with Crippen molar-refractivity contribution in [3.63, 3.8) is 0 Å². The second kappa shape index (κ2) is 6.83. The van der Waals surface area contributed by atoms with Crippen LogP contribution in [0, 0.1) is 11.7 Å². The van der Waals surface area contributed by atoms with Crippen molar-refractivity contribution >= 4 is 11.8 Å². The second-order valence-electron chi connectivity index (χ2n) is 7.89. The maximum atomic E-state index is 13.2. The summed E-state index contributed by atoms with van der Waals surface area (Å²) < 4.78 is 15.2. The number of halogens is 1. The lowest BCUT2D eigenvalue weighted by Crippen LogP contribution is -2.49. The average Bonchev–Trinajstić information content (AvgIpc) is 3.26. The molecule has 2 amide bonds. The van der Waals surface area contributed by atoms with Crippen molar-refractivity contribution < 1.29 is 14.0 Å². The van der Waals surface area contributed by atoms with Crippen LogP contribution in [-0.4, -0.2) is 45.3 Å². The highest BCUT2D eigenvalue weighted by Gasteiger charge is 2.46. The topological polar surface area (TPSA) is 45.6 Å². The third kappa shape index (κ3) is 3.24. The summed E-state index contributed by atoms with van der Waals surface area (Å²) in [5, 5.41) is 0. The molecule has 6 heteroatoms. The molecule has 4 rings (SSSR count). The highest BCUT2D eigenvalue weighted by atomic mass is 19.1. The Bertz CT molecular complexity index is 859. The Morgan fingerprint density at radius 2 is 1.85 bits per heavy atom. The molecule has 1 aromatic carbocycles. The number of hydrogen-bond acceptors (Lipinski definition) is 2. The number of amides is 2. The van der Waals surface area contributed by atoms with Gasteiger partial charge in [-0.05, 0) is 35.7 Å². The molecule has 2 atom stereocenters. The molecular weight excluding hydrogens is 345 g/mol. The minimum Gasteiger partial charge on any atom is -0.338 e. The fourth-order valence-electron chi connectivity index (χ4n) is 4.17. The number of benzene rings is 1. The van der Waals surface area contributed by atoms with Crippen molar-refractivity contribution in [1.82, 2.24) is 14.4 Å². The van der Waals surface area contributed by atoms with E-state index >= 15 is 0 Å². The van der Waals surface area contributed by atoms with Crippen LogP contribution in [0.25, 0.3) is 0 Å². The van der Waals surface area contributed by atoms with Crippen LogP contribution in [0.3, 0.4) is 0 Å². The Labute approximate surface area is 158 Å². The molecule has 0 radical (unpaired) electrons. The van der Waals surface area contributed by atoms with Gasteiger partial charge in [-0.1, -0.05) is 26.0 Å². The van der Waals surface area contributed by atoms with Crippen LogP contribution in [0.4, 0.5) is 4.39 Å². The van der Waals surface area contributed by atoms with E-state index in [4.69, 9.17) is 0 Å². The van der Waals surface area contributed by atoms with E-state index in [0.29, 0.717) is 37.7 Å². The molecule has 2 aliphatic heterocycles. The standard InChI is InChI=1S/C21H24FN3O2/c1-14(2)10-20(26)23-12-18-19(13-23)25(11-15-5-7-16(22)8-6-15)21(27)17-4-3-9-24(17)18/h3-9,14,18-19H,10-13H2,1-2H3/t18-,19+/m1/s1. The summed E-state index contributed by atoms with van der Waals surface area (Å²) in [7, 11) is 0. The molecule has 0 saturated carbocycles. The Balaban J connectivity index is 1.62. The van der Waals surface area contributed by atoms with E-state index in [2.05, 4.69) is 0 Å². The van der Waals surface area contributed by atoms with Crippen LogP contribution in [0.2, 0.25) is 0 Å². The van der Waals surface area contributed by atoms with E-state index in [1.807, 2.05) is 46.5 Å². The molecule has 3 heterocycles. The van der Waals surface area contributed by atoms with Gasteiger partial charge in [0.2, 0.25) is 5.91 Å². The van der Waals surface area contributed by atoms with Gasteiger partial charge in [0.25, 0.3) is 5.91 Å². The molecule has 0 N–H and O–H groups in total. The number of rotatable bonds is 4. The zero-order valence-electron chi connectivity index (χ0n) is 15.6. The molecule has 27 heavy (non-hydrogen) atoms. The molecule has 0 spiro atoms. The SMILES string of the molecule is CC(C)CC(=O)N1C[C@@H]2[C@H](C1)N(Cc1ccc(F)cc1)C(=O)c1cccn12. The van der Waals surface area contributed by atoms with Crippen LogP contribution in [0.15, 0.2) is 42.6 Å². The lowest BCUT2D eigenvalue weighted by atomic mass is 10.0. The predicted octanol–water partition coefficient (Wildman–Crippen LogP) is 3.08. The molecule has 0 bridgehead atoms. The molecule has 0 aliphatic carbocycles. The number of likely N-dealkylation sites (tertiary alicyclic amines) is 1. The number of aromatic nitrogens is 1. The van der Waals surface area contributed by atoms with Gasteiger partial charge in [0.1, 0.15) is 11.5 Å². The number of nitrogens with zero attached hydrogens (tertiary/aromatic N) is 3. The van der Waals surface area contributed by atoms with Crippen molar-refractivity contribution in [1.29, 1.82) is 0 Å². The van der Waals surface area contributed by atoms with Crippen molar-refractivity contribution in [2.45, 2.75) is 38.9 Å². The molecule has 5 nitrogen and oxygen atoms in total. The van der Waals surface area contributed by atoms with Crippen LogP contribution in [-0.2, 0) is 11.3 Å². The van der Waals surface area contributed by atoms with E-state index in [9.17, 15) is 14.0 Å². The van der Waals surface area contributed by atoms with Gasteiger partial charge in [0.05, 0.1) is 12.1 Å². The van der Waals surface area contributed by atoms with Crippen molar-refractivity contribution in [2.24, 2.45) is 5.92 Å². The first-order valence-electron chi connectivity index (χ1n) is 9.44. The summed E-state index contributed by atoms with van der Waals surface area (Å²) in [6, 6.07) is 9.94. The van der Waals surface area contributed by atoms with Crippen molar-refractivity contribution in [2.75, 3.05) is 13.1 Å². The van der Waals surface area contributed by atoms with Crippen molar-refractivity contribution in [3.05, 3.63) is 59.7 Å². The summed E-state index contributed by atoms with van der Waals surface area (Å²) in [5.74, 6) is 0.118. The lowest BCUT2D eigenvalue weighted by molar-refractivity contribution is -0.131. The zero-order valence-corrected chi connectivity index (χ0v) is 15.6. The monoisotopic (exact) mass is 369 g/mol. The maximum Gasteiger partial charge on any atom is 0.271 e. The molecule has 2 aliphatic rings. The van der Waals surface area contributed by atoms with Gasteiger partial charge >= 0.3 is 0 Å². The minimum atomic E-state index is -0.290. The second-order valence-corrected chi connectivity index (χ2v) is 7.89. The van der Waals surface area contributed by atoms with Gasteiger partial charge < -0.3 is 14.4 Å². The summed E-state index contributed by atoms with van der Waals surface area (Å²) in [5.41, 5.74) is 1.53. The quantitative estimate of drug-likeness (QED) is 0.831. The summed E-state index contributed by atoms with van der Waals surface area (Å²) in [6.07, 6.45) is 2.44. The average molecular weight is 369 g/mol. The predicted molar refractivity (Wildman–Crippen MR) is 99.6 cm³/mol. The lowest BCUT2D eigenvalue weighted by Gasteiger charge is -2.38. The highest BCUT2D eigenvalue weighted by molar-refractivity contribution is 5.94. The first-order chi connectivity index (χ1) is 12.9. The van der Waals surface area contributed by atoms with Gasteiger partial charge in [-0.3, -0.25) is 9.59 Å². The number of carbonyl (C=O) groups excluding carboxylic acids is 2. The zero-order chi connectivity index (χ0) is 19.1. The number of hydrogen-bond donors (Lipinski definition) is 0. The highest BCUT2D eigenvalue weighted by Crippen LogP contribution is 2.35. The Morgan fingerprint density at radius 3 is 2.56 bits per heavy atom. The third-order valence-electron chi connectivity index (χ3n) is 5.48. The van der Waals surface area contributed by atoms with Crippen molar-refractivity contribution in [3.8, 4) is 0 Å². The van der Waals surface area contributed by atoms with Gasteiger partial charge in [-0.25, -0.2) is 4.39 Å². The van der Waals surface area contributed by atoms with E-state index in [-0.39, 0.29) is 29.7 Å². The number of fused-ring (bicyclic) bond motifs is 3. The summed E-state index contributed by atoms with van der Waals surface area (Å²) >= 11 is 0. The smallest absolute Gasteiger partial charge is 0.271 e. The van der Waals surface area contributed by atoms with Crippen LogP contribution in [0.1, 0.15) is 42.4 Å². The fourth-order valence-corrected chi connectivity index (χ4v) is 4.17. The Hall–Kier alpha value is -2.63. The normalized spacial score (nSPS) is 21.6. The van der Waals surface area contributed by atoms with Gasteiger partial charge in [0, 0.05) is 32.3 Å². The first-order valence-corrected chi connectivity index (χ1v) is 9.44. The van der Waals surface area contributed by atoms with E-state index in [0.717, 1.165) is 5.56 Å². The Morgan fingerprint density at radius 1 is 1.15 bits per heavy atom. The number of carbonyl (C=O) groups is 2. The molecule has 142 valence electrons. The van der Waals surface area contributed by atoms with Gasteiger partial charge in [-0.15, -0.1) is 0 Å². The maximum absolute atomic E-state index is 13.2. The molecule has 1 fully saturated rings. The van der Waals surface area contributed by atoms with E-state index in [1.54, 1.807) is 12.1 Å². The van der Waals surface area contributed by atoms with E-state index < -0.39 is 0 Å². The summed E-state index contributed by atoms with van der Waals surface area (Å²) in [4.78, 5) is 29.4. The first kappa shape index (κ1) is 17.8. The summed E-state index contributed by atoms with van der Waals surface area (Å²) in [6.45, 7) is 5.65. The van der Waals surface area contributed by atoms with Gasteiger partial charge in [0.15, 0.2) is 0 Å². The Kier molecular flexibility index (Phi) is 4.50. The van der Waals surface area contributed by atoms with Crippen LogP contribution < -0.4 is 0 Å². The van der Waals surface area contributed by atoms with E-state index in [1.165, 1.54) is 12.1 Å². The largest absolute Gasteiger partial charge is 0.338 e. The fraction of sp³-hybridized carbons (Fsp3) is 0.429. The third-order valence-corrected chi connectivity index (χ3v) is 5.48. The molecular formula is C21H24FN3O2. The minimum absolute atomic E-state index is 0.0382. The molecule has 1 saturated heterocycles. The molecule has 2 aromatic rings. The van der Waals surface area contributed by atoms with Crippen LogP contribution in [0.5, 0.6) is 0 Å². The van der Waals surface area contributed by atoms with Gasteiger partial charge in [-0.2, -0.15) is 0 Å². The van der Waals surface area contributed by atoms with Crippen LogP contribution >= 0.6 is 0 Å². The molecule has 1 aromatic heterocycles. The molecule has 0 unspecified atom stereocenters.